The zero-order valence-corrected chi connectivity index (χ0v) is 11.0. The van der Waals surface area contributed by atoms with Crippen molar-refractivity contribution in [2.75, 3.05) is 0 Å². The van der Waals surface area contributed by atoms with Gasteiger partial charge in [-0.3, -0.25) is 4.79 Å². The molecule has 1 unspecified atom stereocenters. The Balaban J connectivity index is 2.01. The zero-order chi connectivity index (χ0) is 12.3. The first-order chi connectivity index (χ1) is 8.16. The summed E-state index contributed by atoms with van der Waals surface area (Å²) in [6.07, 6.45) is 6.64. The van der Waals surface area contributed by atoms with Crippen LogP contribution in [0.3, 0.4) is 0 Å². The van der Waals surface area contributed by atoms with Gasteiger partial charge in [0.2, 0.25) is 0 Å². The molecule has 4 heteroatoms. The van der Waals surface area contributed by atoms with Gasteiger partial charge in [-0.1, -0.05) is 26.2 Å². The van der Waals surface area contributed by atoms with Crippen LogP contribution in [0.4, 0.5) is 0 Å². The third kappa shape index (κ3) is 3.28. The summed E-state index contributed by atoms with van der Waals surface area (Å²) >= 11 is 1.62. The average Bonchev–Trinajstić information content (AvgIpc) is 2.78. The molecule has 1 atom stereocenters. The zero-order valence-electron chi connectivity index (χ0n) is 10.2. The number of aliphatic carboxylic acids is 1. The molecule has 1 aliphatic rings. The quantitative estimate of drug-likeness (QED) is 0.888. The van der Waals surface area contributed by atoms with Crippen molar-refractivity contribution in [3.8, 4) is 0 Å². The Morgan fingerprint density at radius 3 is 2.88 bits per heavy atom. The first-order valence-corrected chi connectivity index (χ1v) is 7.22. The lowest BCUT2D eigenvalue weighted by Crippen LogP contribution is -2.06. The van der Waals surface area contributed by atoms with E-state index < -0.39 is 5.97 Å². The molecule has 0 bridgehead atoms. The Labute approximate surface area is 106 Å². The molecule has 0 aromatic carbocycles. The maximum absolute atomic E-state index is 10.7. The van der Waals surface area contributed by atoms with E-state index in [9.17, 15) is 4.79 Å². The fraction of sp³-hybridized carbons (Fsp3) is 0.692. The third-order valence-corrected chi connectivity index (χ3v) is 4.56. The van der Waals surface area contributed by atoms with E-state index in [1.54, 1.807) is 11.3 Å². The van der Waals surface area contributed by atoms with E-state index >= 15 is 0 Å². The normalized spacial score (nSPS) is 19.1. The molecule has 1 heterocycles. The Bertz CT molecular complexity index is 383. The van der Waals surface area contributed by atoms with E-state index in [2.05, 4.69) is 10.4 Å². The second-order valence-electron chi connectivity index (χ2n) is 4.94. The number of hydrogen-bond donors (Lipinski definition) is 1. The number of nitrogens with zero attached hydrogens (tertiary/aromatic N) is 1. The van der Waals surface area contributed by atoms with Crippen molar-refractivity contribution in [2.45, 2.75) is 57.3 Å². The maximum atomic E-state index is 10.7. The van der Waals surface area contributed by atoms with Gasteiger partial charge in [0.25, 0.3) is 0 Å². The molecule has 1 fully saturated rings. The molecular weight excluding hydrogens is 234 g/mol. The van der Waals surface area contributed by atoms with Crippen LogP contribution in [0.15, 0.2) is 5.38 Å². The fourth-order valence-corrected chi connectivity index (χ4v) is 3.42. The lowest BCUT2D eigenvalue weighted by atomic mass is 9.87. The van der Waals surface area contributed by atoms with Crippen molar-refractivity contribution >= 4 is 17.3 Å². The SMILES string of the molecule is CC(CC(=O)O)c1nc(C2CCCCC2)cs1. The van der Waals surface area contributed by atoms with E-state index in [0.717, 1.165) is 5.01 Å². The Morgan fingerprint density at radius 2 is 2.24 bits per heavy atom. The first-order valence-electron chi connectivity index (χ1n) is 6.34. The predicted octanol–water partition coefficient (Wildman–Crippen LogP) is 3.77. The summed E-state index contributed by atoms with van der Waals surface area (Å²) in [5, 5.41) is 11.9. The number of carboxylic acids is 1. The minimum Gasteiger partial charge on any atom is -0.481 e. The first kappa shape index (κ1) is 12.6. The molecule has 0 radical (unpaired) electrons. The van der Waals surface area contributed by atoms with E-state index in [4.69, 9.17) is 5.11 Å². The van der Waals surface area contributed by atoms with Gasteiger partial charge in [-0.25, -0.2) is 4.98 Å². The van der Waals surface area contributed by atoms with E-state index in [1.165, 1.54) is 37.8 Å². The molecular formula is C13H19NO2S. The molecule has 2 rings (SSSR count). The number of thiazole rings is 1. The van der Waals surface area contributed by atoms with Crippen LogP contribution >= 0.6 is 11.3 Å². The van der Waals surface area contributed by atoms with Gasteiger partial charge >= 0.3 is 5.97 Å². The van der Waals surface area contributed by atoms with Gasteiger partial charge < -0.3 is 5.11 Å². The van der Waals surface area contributed by atoms with Crippen LogP contribution < -0.4 is 0 Å². The Morgan fingerprint density at radius 1 is 1.53 bits per heavy atom. The van der Waals surface area contributed by atoms with E-state index in [-0.39, 0.29) is 12.3 Å². The molecule has 0 aliphatic heterocycles. The highest BCUT2D eigenvalue weighted by Crippen LogP contribution is 2.34. The van der Waals surface area contributed by atoms with Gasteiger partial charge in [-0.15, -0.1) is 11.3 Å². The molecule has 1 aromatic heterocycles. The lowest BCUT2D eigenvalue weighted by Gasteiger charge is -2.19. The topological polar surface area (TPSA) is 50.2 Å². The van der Waals surface area contributed by atoms with Gasteiger partial charge in [-0.05, 0) is 12.8 Å². The van der Waals surface area contributed by atoms with Crippen molar-refractivity contribution in [2.24, 2.45) is 0 Å². The fourth-order valence-electron chi connectivity index (χ4n) is 2.46. The molecule has 0 spiro atoms. The van der Waals surface area contributed by atoms with Crippen molar-refractivity contribution in [1.29, 1.82) is 0 Å². The van der Waals surface area contributed by atoms with E-state index in [0.29, 0.717) is 5.92 Å². The minimum atomic E-state index is -0.744. The van der Waals surface area contributed by atoms with Crippen LogP contribution in [0.5, 0.6) is 0 Å². The molecule has 1 aliphatic carbocycles. The molecule has 0 saturated heterocycles. The lowest BCUT2D eigenvalue weighted by molar-refractivity contribution is -0.137. The molecule has 1 N–H and O–H groups in total. The summed E-state index contributed by atoms with van der Waals surface area (Å²) in [7, 11) is 0. The van der Waals surface area contributed by atoms with Crippen LogP contribution in [0.1, 0.15) is 68.0 Å². The largest absolute Gasteiger partial charge is 0.481 e. The monoisotopic (exact) mass is 253 g/mol. The van der Waals surface area contributed by atoms with Crippen molar-refractivity contribution in [3.63, 3.8) is 0 Å². The highest BCUT2D eigenvalue weighted by molar-refractivity contribution is 7.09. The Kier molecular flexibility index (Phi) is 4.15. The summed E-state index contributed by atoms with van der Waals surface area (Å²) in [6.45, 7) is 1.94. The van der Waals surface area contributed by atoms with E-state index in [1.807, 2.05) is 6.92 Å². The van der Waals surface area contributed by atoms with Gasteiger partial charge in [0.1, 0.15) is 0 Å². The molecule has 17 heavy (non-hydrogen) atoms. The number of rotatable bonds is 4. The molecule has 3 nitrogen and oxygen atoms in total. The summed E-state index contributed by atoms with van der Waals surface area (Å²) < 4.78 is 0. The minimum absolute atomic E-state index is 0.0369. The van der Waals surface area contributed by atoms with Gasteiger partial charge in [0.05, 0.1) is 17.1 Å². The smallest absolute Gasteiger partial charge is 0.304 e. The van der Waals surface area contributed by atoms with Crippen molar-refractivity contribution < 1.29 is 9.90 Å². The van der Waals surface area contributed by atoms with Crippen LogP contribution in [0, 0.1) is 0 Å². The standard InChI is InChI=1S/C13H19NO2S/c1-9(7-12(15)16)13-14-11(8-17-13)10-5-3-2-4-6-10/h8-10H,2-7H2,1H3,(H,15,16). The predicted molar refractivity (Wildman–Crippen MR) is 68.6 cm³/mol. The molecule has 94 valence electrons. The number of carboxylic acid groups (broad SMARTS) is 1. The number of carbonyl (C=O) groups is 1. The summed E-state index contributed by atoms with van der Waals surface area (Å²) in [5.74, 6) is -0.0902. The van der Waals surface area contributed by atoms with Gasteiger partial charge in [0, 0.05) is 17.2 Å². The summed E-state index contributed by atoms with van der Waals surface area (Å²) in [6, 6.07) is 0. The molecule has 1 saturated carbocycles. The second-order valence-corrected chi connectivity index (χ2v) is 5.83. The van der Waals surface area contributed by atoms with Gasteiger partial charge in [-0.2, -0.15) is 0 Å². The summed E-state index contributed by atoms with van der Waals surface area (Å²) in [5.41, 5.74) is 1.20. The van der Waals surface area contributed by atoms with Crippen LogP contribution in [-0.4, -0.2) is 16.1 Å². The second kappa shape index (κ2) is 5.63. The van der Waals surface area contributed by atoms with Crippen molar-refractivity contribution in [1.82, 2.24) is 4.98 Å². The highest BCUT2D eigenvalue weighted by Gasteiger charge is 2.20. The van der Waals surface area contributed by atoms with Crippen LogP contribution in [-0.2, 0) is 4.79 Å². The van der Waals surface area contributed by atoms with Crippen LogP contribution in [0.2, 0.25) is 0 Å². The average molecular weight is 253 g/mol. The molecule has 1 aromatic rings. The number of hydrogen-bond acceptors (Lipinski definition) is 3. The van der Waals surface area contributed by atoms with Gasteiger partial charge in [0.15, 0.2) is 0 Å². The van der Waals surface area contributed by atoms with Crippen molar-refractivity contribution in [3.05, 3.63) is 16.1 Å². The van der Waals surface area contributed by atoms with Crippen LogP contribution in [0.25, 0.3) is 0 Å². The maximum Gasteiger partial charge on any atom is 0.304 e. The third-order valence-electron chi connectivity index (χ3n) is 3.47. The summed E-state index contributed by atoms with van der Waals surface area (Å²) in [4.78, 5) is 15.3. The Hall–Kier alpha value is -0.900. The molecule has 0 amide bonds. The highest BCUT2D eigenvalue weighted by atomic mass is 32.1. The number of aromatic nitrogens is 1.